The number of aliphatic hydroxyl groups excluding tert-OH is 1. The summed E-state index contributed by atoms with van der Waals surface area (Å²) in [4.78, 5) is 61.8. The Labute approximate surface area is 353 Å². The van der Waals surface area contributed by atoms with Gasteiger partial charge in [0.25, 0.3) is 0 Å². The van der Waals surface area contributed by atoms with Crippen LogP contribution in [0.1, 0.15) is 98.3 Å². The number of likely N-dealkylation sites (N-methyl/N-ethyl adjacent to an activating group) is 2. The van der Waals surface area contributed by atoms with Gasteiger partial charge < -0.3 is 40.7 Å². The molecule has 0 spiro atoms. The highest BCUT2D eigenvalue weighted by Gasteiger charge is 2.43. The number of nitrogens with zero attached hydrogens (tertiary/aromatic N) is 3. The van der Waals surface area contributed by atoms with Crippen molar-refractivity contribution in [2.75, 3.05) is 40.6 Å². The zero-order valence-corrected chi connectivity index (χ0v) is 37.7. The molecule has 13 heteroatoms. The van der Waals surface area contributed by atoms with Crippen molar-refractivity contribution in [2.24, 2.45) is 23.7 Å². The minimum Gasteiger partial charge on any atom is -0.399 e. The summed E-state index contributed by atoms with van der Waals surface area (Å²) in [5.41, 5.74) is 8.37. The van der Waals surface area contributed by atoms with Crippen LogP contribution in [-0.2, 0) is 35.2 Å². The number of nitrogens with two attached hydrogens (primary N) is 1. The van der Waals surface area contributed by atoms with Gasteiger partial charge in [0, 0.05) is 40.0 Å². The van der Waals surface area contributed by atoms with Crippen molar-refractivity contribution in [1.82, 2.24) is 25.3 Å². The number of benzene rings is 2. The molecule has 3 rings (SSSR count). The smallest absolute Gasteiger partial charge is 0.245 e. The highest BCUT2D eigenvalue weighted by atomic mass is 16.5. The first-order valence-corrected chi connectivity index (χ1v) is 21.4. The summed E-state index contributed by atoms with van der Waals surface area (Å²) in [7, 11) is 6.76. The van der Waals surface area contributed by atoms with E-state index in [0.29, 0.717) is 30.8 Å². The van der Waals surface area contributed by atoms with E-state index < -0.39 is 48.4 Å². The fourth-order valence-electron chi connectivity index (χ4n) is 8.74. The van der Waals surface area contributed by atoms with Crippen LogP contribution in [0.4, 0.5) is 5.69 Å². The fraction of sp³-hybridized carbons (Fsp3) is 0.652. The van der Waals surface area contributed by atoms with Gasteiger partial charge in [-0.05, 0) is 67.8 Å². The maximum atomic E-state index is 14.5. The van der Waals surface area contributed by atoms with Gasteiger partial charge in [0.05, 0.1) is 54.8 Å². The second kappa shape index (κ2) is 23.1. The van der Waals surface area contributed by atoms with Crippen LogP contribution in [0, 0.1) is 23.7 Å². The lowest BCUT2D eigenvalue weighted by Gasteiger charge is -2.41. The van der Waals surface area contributed by atoms with E-state index >= 15 is 0 Å². The topological polar surface area (TPSA) is 167 Å². The average Bonchev–Trinajstić information content (AvgIpc) is 3.68. The molecule has 10 atom stereocenters. The van der Waals surface area contributed by atoms with Crippen molar-refractivity contribution >= 4 is 29.3 Å². The van der Waals surface area contributed by atoms with Gasteiger partial charge in [0.15, 0.2) is 0 Å². The second-order valence-electron chi connectivity index (χ2n) is 17.3. The zero-order chi connectivity index (χ0) is 44.1. The molecule has 59 heavy (non-hydrogen) atoms. The lowest BCUT2D eigenvalue weighted by atomic mass is 9.89. The Bertz CT molecular complexity index is 1640. The minimum absolute atomic E-state index is 0.0138. The van der Waals surface area contributed by atoms with E-state index in [2.05, 4.69) is 10.6 Å². The molecule has 0 saturated carbocycles. The molecule has 0 aliphatic carbocycles. The Morgan fingerprint density at radius 1 is 0.898 bits per heavy atom. The Kier molecular flexibility index (Phi) is 19.3. The molecular formula is C46H74N6O7. The second-order valence-corrected chi connectivity index (χ2v) is 17.3. The van der Waals surface area contributed by atoms with Gasteiger partial charge in [-0.15, -0.1) is 0 Å². The summed E-state index contributed by atoms with van der Waals surface area (Å²) in [5, 5.41) is 16.9. The number of rotatable bonds is 22. The lowest BCUT2D eigenvalue weighted by Crippen LogP contribution is -2.60. The molecule has 2 aromatic carbocycles. The molecule has 1 fully saturated rings. The summed E-state index contributed by atoms with van der Waals surface area (Å²) >= 11 is 0. The van der Waals surface area contributed by atoms with Gasteiger partial charge in [-0.1, -0.05) is 97.4 Å². The van der Waals surface area contributed by atoms with Gasteiger partial charge >= 0.3 is 0 Å². The number of likely N-dealkylation sites (tertiary alicyclic amines) is 1. The maximum absolute atomic E-state index is 14.5. The number of hydrogen-bond donors (Lipinski definition) is 4. The Balaban J connectivity index is 1.77. The third kappa shape index (κ3) is 13.0. The van der Waals surface area contributed by atoms with Crippen LogP contribution in [0.5, 0.6) is 0 Å². The number of nitrogen functional groups attached to an aromatic ring is 1. The molecule has 0 bridgehead atoms. The van der Waals surface area contributed by atoms with Crippen molar-refractivity contribution in [1.29, 1.82) is 0 Å². The van der Waals surface area contributed by atoms with Crippen molar-refractivity contribution in [3.8, 4) is 0 Å². The highest BCUT2D eigenvalue weighted by molar-refractivity contribution is 5.90. The average molecular weight is 823 g/mol. The van der Waals surface area contributed by atoms with E-state index in [-0.39, 0.29) is 53.8 Å². The Morgan fingerprint density at radius 2 is 1.56 bits per heavy atom. The summed E-state index contributed by atoms with van der Waals surface area (Å²) in [6.07, 6.45) is 0.0286. The number of nitrogens with one attached hydrogen (secondary N) is 2. The SMILES string of the molecule is CC[C@H](C)[C@@H]([C@@H](CC(=O)N1CCCC1[C@H](OC)[C@@H](C)C(=O)N[C@H](C)[C@@H](O)c1ccccc1)OC)N(C)C(=O)C(NC(=O)C(C(C)C)N(C)Cc1cccc(N)c1)C(C)C. The van der Waals surface area contributed by atoms with E-state index in [1.165, 1.54) is 0 Å². The first-order valence-electron chi connectivity index (χ1n) is 21.4. The number of amides is 4. The van der Waals surface area contributed by atoms with Gasteiger partial charge in [0.1, 0.15) is 6.04 Å². The molecule has 1 heterocycles. The van der Waals surface area contributed by atoms with Crippen molar-refractivity contribution in [2.45, 2.75) is 136 Å². The monoisotopic (exact) mass is 823 g/mol. The fourth-order valence-corrected chi connectivity index (χ4v) is 8.74. The molecule has 1 aliphatic heterocycles. The molecule has 1 aliphatic rings. The Hall–Kier alpha value is -4.04. The van der Waals surface area contributed by atoms with E-state index in [0.717, 1.165) is 18.4 Å². The van der Waals surface area contributed by atoms with Crippen LogP contribution in [0.2, 0.25) is 0 Å². The van der Waals surface area contributed by atoms with Crippen molar-refractivity contribution in [3.05, 3.63) is 65.7 Å². The van der Waals surface area contributed by atoms with Crippen LogP contribution < -0.4 is 16.4 Å². The molecule has 0 radical (unpaired) electrons. The third-order valence-corrected chi connectivity index (χ3v) is 12.2. The van der Waals surface area contributed by atoms with Crippen LogP contribution in [0.3, 0.4) is 0 Å². The largest absolute Gasteiger partial charge is 0.399 e. The molecule has 1 saturated heterocycles. The van der Waals surface area contributed by atoms with E-state index in [9.17, 15) is 24.3 Å². The summed E-state index contributed by atoms with van der Waals surface area (Å²) in [6, 6.07) is 14.1. The summed E-state index contributed by atoms with van der Waals surface area (Å²) in [6.45, 7) is 16.5. The molecular weight excluding hydrogens is 749 g/mol. The van der Waals surface area contributed by atoms with Crippen LogP contribution in [0.25, 0.3) is 0 Å². The number of methoxy groups -OCH3 is 2. The van der Waals surface area contributed by atoms with Crippen LogP contribution in [0.15, 0.2) is 54.6 Å². The van der Waals surface area contributed by atoms with Gasteiger partial charge in [0.2, 0.25) is 23.6 Å². The van der Waals surface area contributed by atoms with E-state index in [1.54, 1.807) is 44.9 Å². The highest BCUT2D eigenvalue weighted by Crippen LogP contribution is 2.30. The molecule has 3 unspecified atom stereocenters. The number of hydrogen-bond acceptors (Lipinski definition) is 9. The zero-order valence-electron chi connectivity index (χ0n) is 37.7. The summed E-state index contributed by atoms with van der Waals surface area (Å²) < 4.78 is 12.0. The van der Waals surface area contributed by atoms with Gasteiger partial charge in [-0.25, -0.2) is 0 Å². The molecule has 330 valence electrons. The number of ether oxygens (including phenoxy) is 2. The molecule has 2 aromatic rings. The predicted molar refractivity (Wildman–Crippen MR) is 233 cm³/mol. The van der Waals surface area contributed by atoms with Gasteiger partial charge in [-0.2, -0.15) is 0 Å². The minimum atomic E-state index is -0.885. The standard InChI is InChI=1S/C46H74N6O7/c1-13-30(6)41(51(10)46(57)39(28(2)3)49-45(56)40(29(4)5)50(9)27-33-19-17-22-35(47)25-33)37(58-11)26-38(53)52-24-18-23-36(52)43(59-12)31(7)44(55)48-32(8)42(54)34-20-15-14-16-21-34/h14-17,19-22,25,28-32,36-37,39-43,54H,13,18,23-24,26-27,47H2,1-12H3,(H,48,55)(H,49,56)/t30-,31+,32+,36?,37+,39?,40?,41-,42+,43+/m0/s1. The maximum Gasteiger partial charge on any atom is 0.245 e. The van der Waals surface area contributed by atoms with Crippen molar-refractivity contribution in [3.63, 3.8) is 0 Å². The molecule has 0 aromatic heterocycles. The van der Waals surface area contributed by atoms with E-state index in [1.807, 2.05) is 108 Å². The third-order valence-electron chi connectivity index (χ3n) is 12.2. The molecule has 4 amide bonds. The lowest BCUT2D eigenvalue weighted by molar-refractivity contribution is -0.148. The summed E-state index contributed by atoms with van der Waals surface area (Å²) in [5.74, 6) is -1.83. The van der Waals surface area contributed by atoms with Crippen LogP contribution >= 0.6 is 0 Å². The van der Waals surface area contributed by atoms with Gasteiger partial charge in [-0.3, -0.25) is 24.1 Å². The van der Waals surface area contributed by atoms with Crippen LogP contribution in [-0.4, -0.2) is 121 Å². The number of carbonyl (C=O) groups is 4. The quantitative estimate of drug-likeness (QED) is 0.119. The normalized spacial score (nSPS) is 19.1. The molecule has 5 N–H and O–H groups in total. The number of aliphatic hydroxyl groups is 1. The molecule has 13 nitrogen and oxygen atoms in total. The Morgan fingerprint density at radius 3 is 2.12 bits per heavy atom. The van der Waals surface area contributed by atoms with Crippen molar-refractivity contribution < 1.29 is 33.8 Å². The first-order chi connectivity index (χ1) is 27.9. The predicted octanol–water partition coefficient (Wildman–Crippen LogP) is 5.02. The number of anilines is 1. The van der Waals surface area contributed by atoms with E-state index in [4.69, 9.17) is 15.2 Å². The number of carbonyl (C=O) groups excluding carboxylic acids is 4. The first kappa shape index (κ1) is 49.3.